The van der Waals surface area contributed by atoms with Crippen molar-refractivity contribution in [2.24, 2.45) is 0 Å². The average Bonchev–Trinajstić information content (AvgIpc) is 2.49. The third kappa shape index (κ3) is 8.19. The van der Waals surface area contributed by atoms with Crippen LogP contribution in [-0.2, 0) is 6.42 Å². The first kappa shape index (κ1) is 17.0. The highest BCUT2D eigenvalue weighted by Gasteiger charge is 1.94. The Morgan fingerprint density at radius 2 is 1.40 bits per heavy atom. The molecule has 0 aliphatic rings. The number of unbranched alkanes of at least 4 members (excludes halogenated alkanes) is 7. The van der Waals surface area contributed by atoms with E-state index in [1.807, 2.05) is 0 Å². The van der Waals surface area contributed by atoms with Crippen molar-refractivity contribution in [1.29, 1.82) is 0 Å². The van der Waals surface area contributed by atoms with E-state index in [1.54, 1.807) is 0 Å². The van der Waals surface area contributed by atoms with Crippen molar-refractivity contribution in [1.82, 2.24) is 0 Å². The van der Waals surface area contributed by atoms with Gasteiger partial charge in [0.15, 0.2) is 0 Å². The molecule has 0 radical (unpaired) electrons. The second kappa shape index (κ2) is 11.8. The molecule has 0 aromatic heterocycles. The maximum absolute atomic E-state index is 2.30. The van der Waals surface area contributed by atoms with Crippen LogP contribution in [0.3, 0.4) is 0 Å². The molecule has 0 atom stereocenters. The first-order chi connectivity index (χ1) is 9.86. The summed E-state index contributed by atoms with van der Waals surface area (Å²) in [7, 11) is 0. The summed E-state index contributed by atoms with van der Waals surface area (Å²) in [6.07, 6.45) is 17.9. The van der Waals surface area contributed by atoms with E-state index < -0.39 is 0 Å². The summed E-state index contributed by atoms with van der Waals surface area (Å²) < 4.78 is 0. The largest absolute Gasteiger partial charge is 0.0839 e. The van der Waals surface area contributed by atoms with E-state index in [0.29, 0.717) is 0 Å². The Morgan fingerprint density at radius 1 is 0.750 bits per heavy atom. The zero-order valence-electron chi connectivity index (χ0n) is 13.5. The van der Waals surface area contributed by atoms with Crippen molar-refractivity contribution in [2.75, 3.05) is 0 Å². The van der Waals surface area contributed by atoms with Crippen LogP contribution in [0.15, 0.2) is 30.3 Å². The highest BCUT2D eigenvalue weighted by Crippen LogP contribution is 2.12. The topological polar surface area (TPSA) is 0 Å². The molecule has 0 fully saturated rings. The zero-order valence-corrected chi connectivity index (χ0v) is 13.5. The summed E-state index contributed by atoms with van der Waals surface area (Å²) in [6, 6.07) is 9.11. The predicted molar refractivity (Wildman–Crippen MR) is 92.1 cm³/mol. The van der Waals surface area contributed by atoms with E-state index in [0.717, 1.165) is 0 Å². The molecule has 0 saturated heterocycles. The molecular formula is C20H32. The van der Waals surface area contributed by atoms with E-state index in [9.17, 15) is 0 Å². The maximum atomic E-state index is 2.30. The van der Waals surface area contributed by atoms with Crippen LogP contribution in [-0.4, -0.2) is 0 Å². The fraction of sp³-hybridized carbons (Fsp3) is 0.600. The third-order valence-electron chi connectivity index (χ3n) is 3.83. The molecule has 0 heteroatoms. The van der Waals surface area contributed by atoms with Crippen molar-refractivity contribution < 1.29 is 0 Å². The molecule has 0 bridgehead atoms. The van der Waals surface area contributed by atoms with Gasteiger partial charge in [-0.25, -0.2) is 0 Å². The summed E-state index contributed by atoms with van der Waals surface area (Å²) in [4.78, 5) is 0. The number of rotatable bonds is 11. The summed E-state index contributed by atoms with van der Waals surface area (Å²) >= 11 is 0. The van der Waals surface area contributed by atoms with Crippen LogP contribution in [0.2, 0.25) is 0 Å². The van der Waals surface area contributed by atoms with Gasteiger partial charge in [0, 0.05) is 0 Å². The Morgan fingerprint density at radius 3 is 2.10 bits per heavy atom. The monoisotopic (exact) mass is 272 g/mol. The quantitative estimate of drug-likeness (QED) is 0.389. The van der Waals surface area contributed by atoms with Gasteiger partial charge in [-0.1, -0.05) is 95.2 Å². The lowest BCUT2D eigenvalue weighted by molar-refractivity contribution is 0.607. The second-order valence-corrected chi connectivity index (χ2v) is 5.80. The Bertz CT molecular complexity index is 345. The molecule has 0 aliphatic carbocycles. The van der Waals surface area contributed by atoms with E-state index in [-0.39, 0.29) is 0 Å². The van der Waals surface area contributed by atoms with Gasteiger partial charge in [0.25, 0.3) is 0 Å². The Labute approximate surface area is 126 Å². The lowest BCUT2D eigenvalue weighted by atomic mass is 10.0. The Hall–Kier alpha value is -1.04. The van der Waals surface area contributed by atoms with Gasteiger partial charge in [0.05, 0.1) is 0 Å². The molecule has 0 saturated carbocycles. The van der Waals surface area contributed by atoms with Gasteiger partial charge in [0.1, 0.15) is 0 Å². The van der Waals surface area contributed by atoms with Gasteiger partial charge in [-0.05, 0) is 30.4 Å². The van der Waals surface area contributed by atoms with Crippen LogP contribution < -0.4 is 0 Å². The lowest BCUT2D eigenvalue weighted by Gasteiger charge is -2.03. The van der Waals surface area contributed by atoms with Gasteiger partial charge in [-0.2, -0.15) is 0 Å². The number of hydrogen-bond donors (Lipinski definition) is 0. The first-order valence-electron chi connectivity index (χ1n) is 8.62. The maximum Gasteiger partial charge on any atom is -0.0260 e. The molecule has 20 heavy (non-hydrogen) atoms. The van der Waals surface area contributed by atoms with E-state index in [2.05, 4.69) is 50.3 Å². The van der Waals surface area contributed by atoms with Crippen molar-refractivity contribution >= 4 is 6.08 Å². The molecule has 0 aliphatic heterocycles. The van der Waals surface area contributed by atoms with E-state index >= 15 is 0 Å². The second-order valence-electron chi connectivity index (χ2n) is 5.80. The molecule has 1 aromatic rings. The number of hydrogen-bond acceptors (Lipinski definition) is 0. The molecule has 1 rings (SSSR count). The van der Waals surface area contributed by atoms with Crippen LogP contribution in [0, 0.1) is 0 Å². The fourth-order valence-electron chi connectivity index (χ4n) is 2.45. The molecule has 1 aromatic carbocycles. The highest BCUT2D eigenvalue weighted by molar-refractivity contribution is 5.49. The summed E-state index contributed by atoms with van der Waals surface area (Å²) in [5.74, 6) is 0. The van der Waals surface area contributed by atoms with Crippen molar-refractivity contribution in [2.45, 2.75) is 78.1 Å². The standard InChI is InChI=1S/C20H32/c1-3-5-7-9-10-12-14-20-17-15-19(16-18-20)13-11-8-6-4-2/h11,13,15-18H,3-10,12,14H2,1-2H3. The molecule has 0 heterocycles. The van der Waals surface area contributed by atoms with Crippen molar-refractivity contribution in [3.05, 3.63) is 41.5 Å². The molecule has 0 unspecified atom stereocenters. The normalized spacial score (nSPS) is 11.3. The average molecular weight is 272 g/mol. The number of allylic oxidation sites excluding steroid dienone is 1. The molecule has 0 N–H and O–H groups in total. The van der Waals surface area contributed by atoms with Crippen LogP contribution in [0.25, 0.3) is 6.08 Å². The molecular weight excluding hydrogens is 240 g/mol. The van der Waals surface area contributed by atoms with Crippen molar-refractivity contribution in [3.63, 3.8) is 0 Å². The molecule has 112 valence electrons. The summed E-state index contributed by atoms with van der Waals surface area (Å²) in [6.45, 7) is 4.52. The number of benzene rings is 1. The Kier molecular flexibility index (Phi) is 10.0. The SMILES string of the molecule is CCCCC=Cc1ccc(CCCCCCCC)cc1. The van der Waals surface area contributed by atoms with Gasteiger partial charge in [0.2, 0.25) is 0 Å². The predicted octanol–water partition coefficient (Wildman–Crippen LogP) is 6.79. The highest BCUT2D eigenvalue weighted by atomic mass is 14.0. The van der Waals surface area contributed by atoms with E-state index in [1.165, 1.54) is 75.3 Å². The van der Waals surface area contributed by atoms with Crippen LogP contribution in [0.1, 0.15) is 82.8 Å². The molecule has 0 spiro atoms. The minimum absolute atomic E-state index is 1.20. The smallest absolute Gasteiger partial charge is 0.0260 e. The van der Waals surface area contributed by atoms with Crippen LogP contribution >= 0.6 is 0 Å². The number of aryl methyl sites for hydroxylation is 1. The minimum atomic E-state index is 1.20. The van der Waals surface area contributed by atoms with E-state index in [4.69, 9.17) is 0 Å². The van der Waals surface area contributed by atoms with Gasteiger partial charge in [-0.15, -0.1) is 0 Å². The minimum Gasteiger partial charge on any atom is -0.0839 e. The van der Waals surface area contributed by atoms with Crippen LogP contribution in [0.5, 0.6) is 0 Å². The lowest BCUT2D eigenvalue weighted by Crippen LogP contribution is -1.86. The summed E-state index contributed by atoms with van der Waals surface area (Å²) in [5, 5.41) is 0. The summed E-state index contributed by atoms with van der Waals surface area (Å²) in [5.41, 5.74) is 2.83. The molecule has 0 amide bonds. The van der Waals surface area contributed by atoms with Gasteiger partial charge < -0.3 is 0 Å². The third-order valence-corrected chi connectivity index (χ3v) is 3.83. The van der Waals surface area contributed by atoms with Gasteiger partial charge in [-0.3, -0.25) is 0 Å². The Balaban J connectivity index is 2.19. The van der Waals surface area contributed by atoms with Crippen LogP contribution in [0.4, 0.5) is 0 Å². The molecule has 0 nitrogen and oxygen atoms in total. The first-order valence-corrected chi connectivity index (χ1v) is 8.62. The van der Waals surface area contributed by atoms with Gasteiger partial charge >= 0.3 is 0 Å². The fourth-order valence-corrected chi connectivity index (χ4v) is 2.45. The zero-order chi connectivity index (χ0) is 14.5. The van der Waals surface area contributed by atoms with Crippen molar-refractivity contribution in [3.8, 4) is 0 Å².